The van der Waals surface area contributed by atoms with Crippen molar-refractivity contribution in [2.75, 3.05) is 18.9 Å². The topological polar surface area (TPSA) is 135 Å². The van der Waals surface area contributed by atoms with Crippen LogP contribution in [0.25, 0.3) is 0 Å². The van der Waals surface area contributed by atoms with E-state index in [0.717, 1.165) is 16.7 Å². The quantitative estimate of drug-likeness (QED) is 0.148. The first kappa shape index (κ1) is 33.2. The summed E-state index contributed by atoms with van der Waals surface area (Å²) in [6, 6.07) is 28.4. The normalized spacial score (nSPS) is 21.8. The Kier molecular flexibility index (Phi) is 9.81. The molecule has 248 valence electrons. The lowest BCUT2D eigenvalue weighted by atomic mass is 9.89. The van der Waals surface area contributed by atoms with Gasteiger partial charge in [-0.1, -0.05) is 73.7 Å². The van der Waals surface area contributed by atoms with Gasteiger partial charge >= 0.3 is 11.9 Å². The average molecular weight is 651 g/mol. The number of anilines is 1. The maximum absolute atomic E-state index is 13.2. The van der Waals surface area contributed by atoms with Crippen molar-refractivity contribution in [3.8, 4) is 0 Å². The monoisotopic (exact) mass is 650 g/mol. The zero-order valence-electron chi connectivity index (χ0n) is 26.9. The molecule has 6 atom stereocenters. The highest BCUT2D eigenvalue weighted by molar-refractivity contribution is 6.16. The molecular formula is C38H38N2O8. The summed E-state index contributed by atoms with van der Waals surface area (Å²) >= 11 is 0. The van der Waals surface area contributed by atoms with E-state index in [-0.39, 0.29) is 47.5 Å². The summed E-state index contributed by atoms with van der Waals surface area (Å²) in [4.78, 5) is 39.1. The maximum atomic E-state index is 13.2. The number of cyclic esters (lactones) is 2. The molecule has 6 rings (SSSR count). The molecule has 0 saturated carbocycles. The van der Waals surface area contributed by atoms with Crippen LogP contribution < -0.4 is 5.32 Å². The van der Waals surface area contributed by atoms with Crippen LogP contribution in [0.2, 0.25) is 0 Å². The largest absolute Gasteiger partial charge is 0.392 e. The molecule has 2 heterocycles. The summed E-state index contributed by atoms with van der Waals surface area (Å²) in [6.07, 6.45) is -2.12. The van der Waals surface area contributed by atoms with Crippen molar-refractivity contribution in [1.82, 2.24) is 4.90 Å². The van der Waals surface area contributed by atoms with E-state index < -0.39 is 30.2 Å². The minimum atomic E-state index is -0.783. The van der Waals surface area contributed by atoms with Crippen molar-refractivity contribution in [3.63, 3.8) is 0 Å². The van der Waals surface area contributed by atoms with Crippen LogP contribution in [0.5, 0.6) is 0 Å². The second-order valence-corrected chi connectivity index (χ2v) is 12.4. The summed E-state index contributed by atoms with van der Waals surface area (Å²) in [5.41, 5.74) is 4.13. The fraction of sp³-hybridized carbons (Fsp3) is 0.289. The maximum Gasteiger partial charge on any atom is 0.346 e. The van der Waals surface area contributed by atoms with Gasteiger partial charge in [-0.2, -0.15) is 0 Å². The van der Waals surface area contributed by atoms with E-state index in [1.54, 1.807) is 18.2 Å². The van der Waals surface area contributed by atoms with E-state index in [2.05, 4.69) is 21.9 Å². The summed E-state index contributed by atoms with van der Waals surface area (Å²) in [6.45, 7) is 4.51. The van der Waals surface area contributed by atoms with Crippen molar-refractivity contribution >= 4 is 23.5 Å². The van der Waals surface area contributed by atoms with Crippen LogP contribution in [0.15, 0.2) is 97.1 Å². The number of carbonyl (C=O) groups excluding carboxylic acids is 3. The van der Waals surface area contributed by atoms with Crippen LogP contribution in [-0.4, -0.2) is 58.7 Å². The van der Waals surface area contributed by atoms with Gasteiger partial charge in [0, 0.05) is 35.3 Å². The van der Waals surface area contributed by atoms with Gasteiger partial charge in [-0.25, -0.2) is 9.59 Å². The first-order valence-electron chi connectivity index (χ1n) is 15.9. The minimum Gasteiger partial charge on any atom is -0.392 e. The molecule has 0 aromatic heterocycles. The van der Waals surface area contributed by atoms with Crippen molar-refractivity contribution < 1.29 is 38.8 Å². The van der Waals surface area contributed by atoms with Crippen LogP contribution in [-0.2, 0) is 20.8 Å². The van der Waals surface area contributed by atoms with Gasteiger partial charge in [0.1, 0.15) is 0 Å². The number of hydrogen-bond donors (Lipinski definition) is 3. The molecule has 1 unspecified atom stereocenters. The first-order chi connectivity index (χ1) is 23.1. The van der Waals surface area contributed by atoms with E-state index >= 15 is 0 Å². The molecule has 1 amide bonds. The predicted molar refractivity (Wildman–Crippen MR) is 177 cm³/mol. The second-order valence-electron chi connectivity index (χ2n) is 12.4. The van der Waals surface area contributed by atoms with Crippen molar-refractivity contribution in [3.05, 3.63) is 136 Å². The molecule has 4 aromatic carbocycles. The smallest absolute Gasteiger partial charge is 0.346 e. The fourth-order valence-electron chi connectivity index (χ4n) is 6.14. The van der Waals surface area contributed by atoms with Crippen LogP contribution in [0.3, 0.4) is 0 Å². The molecule has 2 aliphatic heterocycles. The Morgan fingerprint density at radius 2 is 1.60 bits per heavy atom. The number of hydrogen-bond acceptors (Lipinski definition) is 9. The Morgan fingerprint density at radius 3 is 2.33 bits per heavy atom. The summed E-state index contributed by atoms with van der Waals surface area (Å²) in [7, 11) is 1.97. The van der Waals surface area contributed by atoms with E-state index in [9.17, 15) is 24.6 Å². The first-order valence-corrected chi connectivity index (χ1v) is 15.9. The molecule has 10 nitrogen and oxygen atoms in total. The Labute approximate surface area is 278 Å². The number of ether oxygens (including phenoxy) is 3. The summed E-state index contributed by atoms with van der Waals surface area (Å²) < 4.78 is 17.9. The molecule has 0 aliphatic carbocycles. The lowest BCUT2D eigenvalue weighted by Gasteiger charge is -2.43. The van der Waals surface area contributed by atoms with E-state index in [4.69, 9.17) is 9.47 Å². The molecule has 3 N–H and O–H groups in total. The zero-order chi connectivity index (χ0) is 33.9. The standard InChI is InChI=1S/C38H38N2O8/c1-22-32(20-40(3)23(2)33(42)25-8-5-4-6-9-25)46-38(47-34(22)26-14-12-24(21-41)13-15-26)28-10-7-11-29(18-28)39-35(43)27-16-17-30-31(19-27)37(45)48-36(30)44/h4-19,22-23,32-34,38,41-42H,20-21H2,1-3H3,(H,39,43)/t22-,23-,32+,33-,34+,38?/m0/s1. The number of nitrogens with one attached hydrogen (secondary N) is 1. The molecular weight excluding hydrogens is 612 g/mol. The number of amides is 1. The lowest BCUT2D eigenvalue weighted by Crippen LogP contribution is -2.46. The molecule has 0 bridgehead atoms. The van der Waals surface area contributed by atoms with E-state index in [0.29, 0.717) is 17.8 Å². The molecule has 2 aliphatic rings. The fourth-order valence-corrected chi connectivity index (χ4v) is 6.14. The van der Waals surface area contributed by atoms with Gasteiger partial charge in [0.25, 0.3) is 5.91 Å². The van der Waals surface area contributed by atoms with Crippen molar-refractivity contribution in [2.24, 2.45) is 5.92 Å². The second kappa shape index (κ2) is 14.2. The number of esters is 2. The number of fused-ring (bicyclic) bond motifs is 1. The Hall–Kier alpha value is -4.71. The van der Waals surface area contributed by atoms with Gasteiger partial charge in [-0.15, -0.1) is 0 Å². The number of benzene rings is 4. The minimum absolute atomic E-state index is 0.0548. The van der Waals surface area contributed by atoms with Gasteiger partial charge in [0.05, 0.1) is 36.0 Å². The van der Waals surface area contributed by atoms with Gasteiger partial charge in [0.15, 0.2) is 6.29 Å². The highest BCUT2D eigenvalue weighted by Gasteiger charge is 2.40. The Morgan fingerprint density at radius 1 is 0.875 bits per heavy atom. The van der Waals surface area contributed by atoms with Gasteiger partial charge in [-0.05, 0) is 61.0 Å². The van der Waals surface area contributed by atoms with Crippen molar-refractivity contribution in [2.45, 2.75) is 51.1 Å². The van der Waals surface area contributed by atoms with E-state index in [1.807, 2.05) is 74.6 Å². The highest BCUT2D eigenvalue weighted by atomic mass is 16.7. The third-order valence-electron chi connectivity index (χ3n) is 9.21. The number of likely N-dealkylation sites (N-methyl/N-ethyl adjacent to an activating group) is 1. The molecule has 0 radical (unpaired) electrons. The van der Waals surface area contributed by atoms with Gasteiger partial charge in [-0.3, -0.25) is 9.69 Å². The average Bonchev–Trinajstić information content (AvgIpc) is 3.40. The summed E-state index contributed by atoms with van der Waals surface area (Å²) in [5.74, 6) is -2.05. The SMILES string of the molecule is C[C@H]1[C@@H](CN(C)[C@@H](C)[C@H](O)c2ccccc2)OC(c2cccc(NC(=O)c3ccc4c(c3)C(=O)OC4=O)c2)O[C@H]1c1ccc(CO)cc1. The third kappa shape index (κ3) is 6.94. The summed E-state index contributed by atoms with van der Waals surface area (Å²) in [5, 5.41) is 23.6. The van der Waals surface area contributed by atoms with Gasteiger partial charge in [0.2, 0.25) is 0 Å². The van der Waals surface area contributed by atoms with Gasteiger partial charge < -0.3 is 29.7 Å². The van der Waals surface area contributed by atoms with Crippen LogP contribution in [0, 0.1) is 5.92 Å². The molecule has 1 saturated heterocycles. The number of rotatable bonds is 10. The molecule has 4 aromatic rings. The molecule has 10 heteroatoms. The highest BCUT2D eigenvalue weighted by Crippen LogP contribution is 2.42. The number of carbonyl (C=O) groups is 3. The number of aliphatic hydroxyl groups is 2. The predicted octanol–water partition coefficient (Wildman–Crippen LogP) is 5.59. The Balaban J connectivity index is 1.23. The van der Waals surface area contributed by atoms with Crippen molar-refractivity contribution in [1.29, 1.82) is 0 Å². The number of aliphatic hydroxyl groups excluding tert-OH is 2. The molecule has 48 heavy (non-hydrogen) atoms. The third-order valence-corrected chi connectivity index (χ3v) is 9.21. The lowest BCUT2D eigenvalue weighted by molar-refractivity contribution is -0.276. The van der Waals surface area contributed by atoms with Crippen LogP contribution in [0.4, 0.5) is 5.69 Å². The van der Waals surface area contributed by atoms with Crippen LogP contribution in [0.1, 0.15) is 85.7 Å². The van der Waals surface area contributed by atoms with E-state index in [1.165, 1.54) is 18.2 Å². The number of nitrogens with zero attached hydrogens (tertiary/aromatic N) is 1. The molecule has 1 fully saturated rings. The zero-order valence-corrected chi connectivity index (χ0v) is 26.9. The molecule has 0 spiro atoms. The Bertz CT molecular complexity index is 1790. The van der Waals surface area contributed by atoms with Crippen LogP contribution >= 0.6 is 0 Å².